The van der Waals surface area contributed by atoms with Crippen molar-refractivity contribution in [3.8, 4) is 11.6 Å². The van der Waals surface area contributed by atoms with Gasteiger partial charge in [0.15, 0.2) is 0 Å². The molecule has 0 spiro atoms. The summed E-state index contributed by atoms with van der Waals surface area (Å²) in [6.07, 6.45) is 12.5. The number of anilines is 1. The molecule has 3 heterocycles. The molecule has 1 N–H and O–H groups in total. The summed E-state index contributed by atoms with van der Waals surface area (Å²) in [5.41, 5.74) is 2.99. The van der Waals surface area contributed by atoms with E-state index in [1.807, 2.05) is 35.2 Å². The van der Waals surface area contributed by atoms with Gasteiger partial charge in [-0.25, -0.2) is 15.0 Å². The normalized spacial score (nSPS) is 27.6. The van der Waals surface area contributed by atoms with E-state index in [4.69, 9.17) is 4.74 Å². The fraction of sp³-hybridized carbons (Fsp3) is 0.467. The van der Waals surface area contributed by atoms with E-state index in [1.54, 1.807) is 24.7 Å². The summed E-state index contributed by atoms with van der Waals surface area (Å²) in [4.78, 5) is 28.9. The Labute approximate surface area is 217 Å². The van der Waals surface area contributed by atoms with E-state index in [0.717, 1.165) is 47.8 Å². The topological polar surface area (TPSA) is 80.2 Å². The third-order valence-electron chi connectivity index (χ3n) is 9.05. The van der Waals surface area contributed by atoms with Gasteiger partial charge in [-0.15, -0.1) is 0 Å². The predicted octanol–water partition coefficient (Wildman–Crippen LogP) is 5.49. The minimum Gasteiger partial charge on any atom is -0.438 e. The fourth-order valence-corrected chi connectivity index (χ4v) is 7.86. The molecule has 0 unspecified atom stereocenters. The summed E-state index contributed by atoms with van der Waals surface area (Å²) in [7, 11) is 0. The summed E-state index contributed by atoms with van der Waals surface area (Å²) in [6.45, 7) is 2.09. The van der Waals surface area contributed by atoms with Crippen LogP contribution in [-0.4, -0.2) is 38.8 Å². The molecule has 1 amide bonds. The number of pyridine rings is 1. The molecule has 4 bridgehead atoms. The lowest BCUT2D eigenvalue weighted by atomic mass is 9.49. The Hall–Kier alpha value is -3.48. The second-order valence-electron chi connectivity index (χ2n) is 11.7. The maximum atomic E-state index is 13.5. The molecule has 3 aromatic rings. The number of fused-ring (bicyclic) bond motifs is 1. The van der Waals surface area contributed by atoms with E-state index in [-0.39, 0.29) is 5.91 Å². The fourth-order valence-electron chi connectivity index (χ4n) is 7.86. The number of ether oxygens (including phenoxy) is 1. The van der Waals surface area contributed by atoms with Crippen molar-refractivity contribution in [3.05, 3.63) is 71.8 Å². The number of benzene rings is 1. The van der Waals surface area contributed by atoms with Crippen LogP contribution in [0.5, 0.6) is 11.6 Å². The number of rotatable bonds is 6. The number of nitrogens with zero attached hydrogens (tertiary/aromatic N) is 4. The zero-order valence-electron chi connectivity index (χ0n) is 21.1. The minimum atomic E-state index is -0.0913. The highest BCUT2D eigenvalue weighted by Gasteiger charge is 2.50. The summed E-state index contributed by atoms with van der Waals surface area (Å²) in [6, 6.07) is 13.0. The standard InChI is InChI=1S/C30H33N5O2/c36-29(25-7-4-9-31-28(25)37-23-5-2-1-3-6-23)35-10-8-24-26(17-35)33-19-34-27(24)32-18-30-14-20-11-21(15-30)13-22(12-20)16-30/h1-7,9,19-22H,8,10-18H2,(H,32,33,34). The average Bonchev–Trinajstić information content (AvgIpc) is 2.91. The van der Waals surface area contributed by atoms with Crippen LogP contribution in [0.25, 0.3) is 0 Å². The van der Waals surface area contributed by atoms with Crippen molar-refractivity contribution >= 4 is 11.7 Å². The van der Waals surface area contributed by atoms with Gasteiger partial charge in [-0.1, -0.05) is 18.2 Å². The zero-order chi connectivity index (χ0) is 24.8. The van der Waals surface area contributed by atoms with Crippen LogP contribution in [0.1, 0.15) is 60.1 Å². The van der Waals surface area contributed by atoms with Crippen molar-refractivity contribution in [2.24, 2.45) is 23.2 Å². The molecule has 8 rings (SSSR count). The molecule has 4 aliphatic carbocycles. The van der Waals surface area contributed by atoms with Gasteiger partial charge < -0.3 is 15.0 Å². The molecular weight excluding hydrogens is 462 g/mol. The molecule has 0 saturated heterocycles. The first-order valence-corrected chi connectivity index (χ1v) is 13.7. The second-order valence-corrected chi connectivity index (χ2v) is 11.7. The Morgan fingerprint density at radius 1 is 0.973 bits per heavy atom. The monoisotopic (exact) mass is 495 g/mol. The molecule has 7 nitrogen and oxygen atoms in total. The van der Waals surface area contributed by atoms with Gasteiger partial charge in [-0.2, -0.15) is 0 Å². The highest BCUT2D eigenvalue weighted by atomic mass is 16.5. The van der Waals surface area contributed by atoms with Gasteiger partial charge in [0.25, 0.3) is 5.91 Å². The van der Waals surface area contributed by atoms with Gasteiger partial charge in [0.1, 0.15) is 23.5 Å². The Morgan fingerprint density at radius 2 is 1.73 bits per heavy atom. The lowest BCUT2D eigenvalue weighted by Crippen LogP contribution is -2.49. The summed E-state index contributed by atoms with van der Waals surface area (Å²) < 4.78 is 5.95. The van der Waals surface area contributed by atoms with Gasteiger partial charge >= 0.3 is 0 Å². The molecule has 37 heavy (non-hydrogen) atoms. The first-order chi connectivity index (χ1) is 18.1. The molecule has 190 valence electrons. The number of carbonyl (C=O) groups excluding carboxylic acids is 1. The van der Waals surface area contributed by atoms with E-state index in [1.165, 1.54) is 38.5 Å². The lowest BCUT2D eigenvalue weighted by Gasteiger charge is -2.57. The van der Waals surface area contributed by atoms with Gasteiger partial charge in [-0.3, -0.25) is 4.79 Å². The zero-order valence-corrected chi connectivity index (χ0v) is 21.1. The number of hydrogen-bond acceptors (Lipinski definition) is 6. The first kappa shape index (κ1) is 22.7. The van der Waals surface area contributed by atoms with Crippen LogP contribution in [0.3, 0.4) is 0 Å². The molecule has 4 fully saturated rings. The molecule has 1 aromatic carbocycles. The smallest absolute Gasteiger partial charge is 0.259 e. The molecule has 0 atom stereocenters. The van der Waals surface area contributed by atoms with E-state index in [2.05, 4.69) is 20.3 Å². The van der Waals surface area contributed by atoms with Gasteiger partial charge in [0.05, 0.1) is 12.2 Å². The lowest BCUT2D eigenvalue weighted by molar-refractivity contribution is -0.0444. The van der Waals surface area contributed by atoms with Gasteiger partial charge in [-0.05, 0) is 92.4 Å². The predicted molar refractivity (Wildman–Crippen MR) is 140 cm³/mol. The van der Waals surface area contributed by atoms with Crippen LogP contribution in [0.15, 0.2) is 55.0 Å². The maximum Gasteiger partial charge on any atom is 0.259 e. The molecule has 0 radical (unpaired) electrons. The average molecular weight is 496 g/mol. The first-order valence-electron chi connectivity index (χ1n) is 13.7. The number of nitrogens with one attached hydrogen (secondary N) is 1. The van der Waals surface area contributed by atoms with Crippen LogP contribution in [0.4, 0.5) is 5.82 Å². The van der Waals surface area contributed by atoms with Gasteiger partial charge in [0.2, 0.25) is 5.88 Å². The quantitative estimate of drug-likeness (QED) is 0.487. The SMILES string of the molecule is O=C(c1cccnc1Oc1ccccc1)N1CCc2c(ncnc2NCC23CC4CC(CC(C4)C2)C3)C1. The van der Waals surface area contributed by atoms with Crippen molar-refractivity contribution in [1.29, 1.82) is 0 Å². The molecular formula is C30H33N5O2. The third kappa shape index (κ3) is 4.34. The Balaban J connectivity index is 1.06. The summed E-state index contributed by atoms with van der Waals surface area (Å²) in [5, 5.41) is 3.76. The van der Waals surface area contributed by atoms with E-state index < -0.39 is 0 Å². The van der Waals surface area contributed by atoms with Crippen molar-refractivity contribution in [3.63, 3.8) is 0 Å². The number of aromatic nitrogens is 3. The Bertz CT molecular complexity index is 1280. The Morgan fingerprint density at radius 3 is 2.49 bits per heavy atom. The highest BCUT2D eigenvalue weighted by Crippen LogP contribution is 2.60. The Kier molecular flexibility index (Phi) is 5.59. The third-order valence-corrected chi connectivity index (χ3v) is 9.05. The van der Waals surface area contributed by atoms with Crippen LogP contribution in [-0.2, 0) is 13.0 Å². The number of hydrogen-bond donors (Lipinski definition) is 1. The minimum absolute atomic E-state index is 0.0913. The molecule has 5 aliphatic rings. The summed E-state index contributed by atoms with van der Waals surface area (Å²) in [5.74, 6) is 4.67. The van der Waals surface area contributed by atoms with Crippen molar-refractivity contribution in [2.45, 2.75) is 51.5 Å². The van der Waals surface area contributed by atoms with Crippen LogP contribution in [0, 0.1) is 23.2 Å². The number of amides is 1. The maximum absolute atomic E-state index is 13.5. The molecule has 2 aromatic heterocycles. The van der Waals surface area contributed by atoms with Crippen molar-refractivity contribution in [1.82, 2.24) is 19.9 Å². The van der Waals surface area contributed by atoms with Crippen molar-refractivity contribution < 1.29 is 9.53 Å². The molecule has 7 heteroatoms. The number of para-hydroxylation sites is 1. The largest absolute Gasteiger partial charge is 0.438 e. The molecule has 4 saturated carbocycles. The number of carbonyl (C=O) groups is 1. The van der Waals surface area contributed by atoms with E-state index in [9.17, 15) is 4.79 Å². The molecule has 1 aliphatic heterocycles. The second kappa shape index (κ2) is 9.12. The highest BCUT2D eigenvalue weighted by molar-refractivity contribution is 5.96. The van der Waals surface area contributed by atoms with Crippen LogP contribution in [0.2, 0.25) is 0 Å². The van der Waals surface area contributed by atoms with Gasteiger partial charge in [0, 0.05) is 24.8 Å². The summed E-state index contributed by atoms with van der Waals surface area (Å²) >= 11 is 0. The van der Waals surface area contributed by atoms with Crippen LogP contribution >= 0.6 is 0 Å². The van der Waals surface area contributed by atoms with Crippen molar-refractivity contribution in [2.75, 3.05) is 18.4 Å². The van der Waals surface area contributed by atoms with Crippen LogP contribution < -0.4 is 10.1 Å². The van der Waals surface area contributed by atoms with E-state index in [0.29, 0.717) is 35.7 Å². The van der Waals surface area contributed by atoms with E-state index >= 15 is 0 Å².